The molecule has 0 bridgehead atoms. The Labute approximate surface area is 178 Å². The molecule has 0 atom stereocenters. The summed E-state index contributed by atoms with van der Waals surface area (Å²) < 4.78 is 36.1. The fourth-order valence-electron chi connectivity index (χ4n) is 2.70. The molecule has 0 amide bonds. The number of carbonyl (C=O) groups is 1. The van der Waals surface area contributed by atoms with E-state index in [9.17, 15) is 13.6 Å². The number of ether oxygens (including phenoxy) is 2. The molecule has 0 spiro atoms. The standard InChI is InChI=1S/C24H33F2NO3/c1-8-29-22(28)12-17(6)10-9-11-18(7)19-13-20(15(2)3)27-23(16(4)5)24(19)30-14-21(25)26/h9-13,15-16,21H,8,14H2,1-7H3. The molecule has 1 aromatic rings. The average molecular weight is 422 g/mol. The highest BCUT2D eigenvalue weighted by Crippen LogP contribution is 2.35. The molecule has 166 valence electrons. The minimum absolute atomic E-state index is 0.0215. The first-order chi connectivity index (χ1) is 14.1. The Morgan fingerprint density at radius 2 is 1.83 bits per heavy atom. The Hall–Kier alpha value is -2.50. The molecule has 0 aliphatic heterocycles. The summed E-state index contributed by atoms with van der Waals surface area (Å²) in [5.41, 5.74) is 3.90. The molecule has 0 aliphatic rings. The van der Waals surface area contributed by atoms with Crippen LogP contribution in [0.4, 0.5) is 8.78 Å². The normalized spacial score (nSPS) is 13.1. The van der Waals surface area contributed by atoms with Crippen molar-refractivity contribution < 1.29 is 23.0 Å². The van der Waals surface area contributed by atoms with Gasteiger partial charge in [-0.3, -0.25) is 4.98 Å². The zero-order valence-electron chi connectivity index (χ0n) is 19.0. The molecule has 1 aromatic heterocycles. The first-order valence-corrected chi connectivity index (χ1v) is 10.2. The van der Waals surface area contributed by atoms with E-state index in [1.807, 2.05) is 52.8 Å². The summed E-state index contributed by atoms with van der Waals surface area (Å²) in [7, 11) is 0. The first-order valence-electron chi connectivity index (χ1n) is 10.2. The van der Waals surface area contributed by atoms with Gasteiger partial charge in [-0.25, -0.2) is 13.6 Å². The maximum Gasteiger partial charge on any atom is 0.330 e. The van der Waals surface area contributed by atoms with Crippen molar-refractivity contribution in [1.29, 1.82) is 0 Å². The van der Waals surface area contributed by atoms with Crippen LogP contribution in [0.1, 0.15) is 77.3 Å². The fraction of sp³-hybridized carbons (Fsp3) is 0.500. The number of carbonyl (C=O) groups excluding carboxylic acids is 1. The van der Waals surface area contributed by atoms with Crippen LogP contribution in [0.3, 0.4) is 0 Å². The van der Waals surface area contributed by atoms with Gasteiger partial charge in [-0.2, -0.15) is 0 Å². The third-order valence-corrected chi connectivity index (χ3v) is 4.27. The van der Waals surface area contributed by atoms with Crippen LogP contribution in [-0.2, 0) is 9.53 Å². The zero-order chi connectivity index (χ0) is 22.8. The monoisotopic (exact) mass is 421 g/mol. The Bertz CT molecular complexity index is 809. The van der Waals surface area contributed by atoms with Crippen molar-refractivity contribution in [2.24, 2.45) is 0 Å². The summed E-state index contributed by atoms with van der Waals surface area (Å²) >= 11 is 0. The van der Waals surface area contributed by atoms with Gasteiger partial charge < -0.3 is 9.47 Å². The van der Waals surface area contributed by atoms with Gasteiger partial charge in [-0.05, 0) is 49.8 Å². The SMILES string of the molecule is CCOC(=O)C=C(C)C=CC=C(C)c1cc(C(C)C)nc(C(C)C)c1OCC(F)F. The Morgan fingerprint density at radius 1 is 1.17 bits per heavy atom. The largest absolute Gasteiger partial charge is 0.485 e. The minimum atomic E-state index is -2.57. The molecule has 6 heteroatoms. The molecular formula is C24H33F2NO3. The van der Waals surface area contributed by atoms with Crippen molar-refractivity contribution in [1.82, 2.24) is 4.98 Å². The molecule has 1 heterocycles. The zero-order valence-corrected chi connectivity index (χ0v) is 19.0. The number of halogens is 2. The van der Waals surface area contributed by atoms with Crippen LogP contribution in [0.5, 0.6) is 5.75 Å². The third kappa shape index (κ3) is 8.09. The maximum absolute atomic E-state index is 12.8. The predicted octanol–water partition coefficient (Wildman–Crippen LogP) is 6.44. The lowest BCUT2D eigenvalue weighted by Crippen LogP contribution is -2.13. The molecule has 0 fully saturated rings. The number of hydrogen-bond donors (Lipinski definition) is 0. The summed E-state index contributed by atoms with van der Waals surface area (Å²) in [6, 6.07) is 1.90. The lowest BCUT2D eigenvalue weighted by molar-refractivity contribution is -0.137. The predicted molar refractivity (Wildman–Crippen MR) is 117 cm³/mol. The van der Waals surface area contributed by atoms with E-state index >= 15 is 0 Å². The molecule has 0 radical (unpaired) electrons. The van der Waals surface area contributed by atoms with Crippen LogP contribution in [-0.4, -0.2) is 30.6 Å². The van der Waals surface area contributed by atoms with Gasteiger partial charge in [0, 0.05) is 17.3 Å². The van der Waals surface area contributed by atoms with Crippen LogP contribution in [0.2, 0.25) is 0 Å². The summed E-state index contributed by atoms with van der Waals surface area (Å²) in [6.07, 6.45) is 4.31. The number of esters is 1. The van der Waals surface area contributed by atoms with Crippen LogP contribution < -0.4 is 4.74 Å². The number of allylic oxidation sites excluding steroid dienone is 5. The molecule has 4 nitrogen and oxygen atoms in total. The van der Waals surface area contributed by atoms with Gasteiger partial charge in [0.05, 0.1) is 12.3 Å². The van der Waals surface area contributed by atoms with Gasteiger partial charge in [0.1, 0.15) is 12.4 Å². The number of pyridine rings is 1. The maximum atomic E-state index is 12.8. The fourth-order valence-corrected chi connectivity index (χ4v) is 2.70. The Morgan fingerprint density at radius 3 is 2.37 bits per heavy atom. The van der Waals surface area contributed by atoms with Crippen molar-refractivity contribution in [3.63, 3.8) is 0 Å². The molecule has 0 aromatic carbocycles. The van der Waals surface area contributed by atoms with Crippen LogP contribution >= 0.6 is 0 Å². The van der Waals surface area contributed by atoms with Crippen molar-refractivity contribution in [2.45, 2.75) is 66.7 Å². The molecule has 0 aliphatic carbocycles. The second-order valence-electron chi connectivity index (χ2n) is 7.67. The smallest absolute Gasteiger partial charge is 0.330 e. The van der Waals surface area contributed by atoms with Gasteiger partial charge in [0.2, 0.25) is 0 Å². The molecule has 0 saturated heterocycles. The van der Waals surface area contributed by atoms with Crippen molar-refractivity contribution >= 4 is 11.5 Å². The van der Waals surface area contributed by atoms with Crippen LogP contribution in [0.15, 0.2) is 35.9 Å². The van der Waals surface area contributed by atoms with E-state index in [2.05, 4.69) is 4.98 Å². The van der Waals surface area contributed by atoms with E-state index < -0.39 is 13.0 Å². The highest BCUT2D eigenvalue weighted by molar-refractivity contribution is 5.83. The van der Waals surface area contributed by atoms with E-state index in [4.69, 9.17) is 9.47 Å². The summed E-state index contributed by atoms with van der Waals surface area (Å²) in [4.78, 5) is 16.2. The minimum Gasteiger partial charge on any atom is -0.485 e. The second kappa shape index (κ2) is 12.3. The van der Waals surface area contributed by atoms with E-state index in [-0.39, 0.29) is 17.8 Å². The quantitative estimate of drug-likeness (QED) is 0.248. The lowest BCUT2D eigenvalue weighted by atomic mass is 9.97. The molecule has 0 unspecified atom stereocenters. The molecule has 0 saturated carbocycles. The first kappa shape index (κ1) is 25.5. The van der Waals surface area contributed by atoms with Gasteiger partial charge in [0.25, 0.3) is 6.43 Å². The summed E-state index contributed by atoms with van der Waals surface area (Å²) in [5, 5.41) is 0. The number of nitrogens with zero attached hydrogens (tertiary/aromatic N) is 1. The van der Waals surface area contributed by atoms with Gasteiger partial charge in [-0.15, -0.1) is 0 Å². The Balaban J connectivity index is 3.35. The van der Waals surface area contributed by atoms with E-state index in [1.54, 1.807) is 19.9 Å². The lowest BCUT2D eigenvalue weighted by Gasteiger charge is -2.20. The van der Waals surface area contributed by atoms with Crippen molar-refractivity contribution in [2.75, 3.05) is 13.2 Å². The van der Waals surface area contributed by atoms with E-state index in [0.29, 0.717) is 18.1 Å². The van der Waals surface area contributed by atoms with Crippen LogP contribution in [0, 0.1) is 0 Å². The molecule has 1 rings (SSSR count). The number of hydrogen-bond acceptors (Lipinski definition) is 4. The van der Waals surface area contributed by atoms with E-state index in [0.717, 1.165) is 22.4 Å². The highest BCUT2D eigenvalue weighted by atomic mass is 19.3. The average Bonchev–Trinajstić information content (AvgIpc) is 2.65. The van der Waals surface area contributed by atoms with Crippen molar-refractivity contribution in [3.05, 3.63) is 52.9 Å². The number of alkyl halides is 2. The van der Waals surface area contributed by atoms with Gasteiger partial charge in [-0.1, -0.05) is 45.9 Å². The summed E-state index contributed by atoms with van der Waals surface area (Å²) in [5.74, 6) is 0.215. The molecule has 30 heavy (non-hydrogen) atoms. The Kier molecular flexibility index (Phi) is 10.4. The highest BCUT2D eigenvalue weighted by Gasteiger charge is 2.20. The van der Waals surface area contributed by atoms with Crippen LogP contribution in [0.25, 0.3) is 5.57 Å². The second-order valence-corrected chi connectivity index (χ2v) is 7.67. The molecule has 0 N–H and O–H groups in total. The number of aromatic nitrogens is 1. The third-order valence-electron chi connectivity index (χ3n) is 4.27. The molecular weight excluding hydrogens is 388 g/mol. The van der Waals surface area contributed by atoms with Gasteiger partial charge in [0.15, 0.2) is 0 Å². The van der Waals surface area contributed by atoms with Gasteiger partial charge >= 0.3 is 5.97 Å². The topological polar surface area (TPSA) is 48.4 Å². The van der Waals surface area contributed by atoms with E-state index in [1.165, 1.54) is 6.08 Å². The summed E-state index contributed by atoms with van der Waals surface area (Å²) in [6.45, 7) is 13.1. The van der Waals surface area contributed by atoms with Crippen molar-refractivity contribution in [3.8, 4) is 5.75 Å². The number of rotatable bonds is 10.